The van der Waals surface area contributed by atoms with Crippen LogP contribution in [0, 0.1) is 0 Å². The predicted octanol–water partition coefficient (Wildman–Crippen LogP) is 14.8. The van der Waals surface area contributed by atoms with Gasteiger partial charge in [0.2, 0.25) is 0 Å². The monoisotopic (exact) mass is 898 g/mol. The molecule has 11 heteroatoms. The lowest BCUT2D eigenvalue weighted by Gasteiger charge is -2.20. The molecule has 4 N–H and O–H groups in total. The fourth-order valence-corrected chi connectivity index (χ4v) is 7.94. The first-order valence-electron chi connectivity index (χ1n) is 25.5. The maximum absolute atomic E-state index is 12.7. The van der Waals surface area contributed by atoms with Gasteiger partial charge in [-0.2, -0.15) is 0 Å². The van der Waals surface area contributed by atoms with E-state index in [1.165, 1.54) is 161 Å². The maximum Gasteiger partial charge on any atom is 0.472 e. The van der Waals surface area contributed by atoms with Gasteiger partial charge in [-0.05, 0) is 70.6 Å². The minimum Gasteiger partial charge on any atom is -0.480 e. The van der Waals surface area contributed by atoms with Gasteiger partial charge in [0.1, 0.15) is 12.1 Å². The third-order valence-electron chi connectivity index (χ3n) is 11.1. The molecule has 0 aromatic carbocycles. The van der Waals surface area contributed by atoms with Gasteiger partial charge >= 0.3 is 19.8 Å². The number of ether oxygens (including phenoxy) is 2. The summed E-state index contributed by atoms with van der Waals surface area (Å²) in [6.07, 6.45) is 54.8. The second-order valence-electron chi connectivity index (χ2n) is 17.3. The molecule has 3 unspecified atom stereocenters. The summed E-state index contributed by atoms with van der Waals surface area (Å²) in [6, 6.07) is -1.47. The third kappa shape index (κ3) is 46.2. The summed E-state index contributed by atoms with van der Waals surface area (Å²) in [5.41, 5.74) is 5.37. The van der Waals surface area contributed by atoms with Gasteiger partial charge in [0.05, 0.1) is 19.8 Å². The van der Waals surface area contributed by atoms with Crippen molar-refractivity contribution in [3.05, 3.63) is 36.5 Å². The quantitative estimate of drug-likeness (QED) is 0.0233. The molecular formula is C51H96NO9P. The number of unbranched alkanes of at least 4 members (excludes halogenated alkanes) is 29. The van der Waals surface area contributed by atoms with Crippen LogP contribution in [-0.2, 0) is 32.7 Å². The number of aliphatic carboxylic acids is 1. The van der Waals surface area contributed by atoms with Crippen molar-refractivity contribution in [3.8, 4) is 0 Å². The van der Waals surface area contributed by atoms with E-state index < -0.39 is 45.1 Å². The molecule has 62 heavy (non-hydrogen) atoms. The lowest BCUT2D eigenvalue weighted by atomic mass is 10.1. The first-order chi connectivity index (χ1) is 30.2. The summed E-state index contributed by atoms with van der Waals surface area (Å²) < 4.78 is 33.5. The smallest absolute Gasteiger partial charge is 0.472 e. The molecule has 0 aliphatic carbocycles. The molecule has 0 aliphatic rings. The number of carbonyl (C=O) groups excluding carboxylic acids is 1. The molecule has 0 heterocycles. The SMILES string of the molecule is CCCCCCC/C=C\C/C=C\CCCCCCCCCCCC(=O)OC(COCCCCCCCCCC/C=C\CCCCCCCCC)COP(=O)(O)OCC(N)C(=O)O. The largest absolute Gasteiger partial charge is 0.480 e. The fourth-order valence-electron chi connectivity index (χ4n) is 7.16. The molecular weight excluding hydrogens is 802 g/mol. The molecule has 3 atom stereocenters. The van der Waals surface area contributed by atoms with Gasteiger partial charge in [0.15, 0.2) is 0 Å². The number of hydrogen-bond acceptors (Lipinski definition) is 8. The van der Waals surface area contributed by atoms with E-state index in [-0.39, 0.29) is 13.0 Å². The number of phosphoric ester groups is 1. The number of phosphoric acid groups is 1. The fraction of sp³-hybridized carbons (Fsp3) is 0.843. The molecule has 10 nitrogen and oxygen atoms in total. The first-order valence-corrected chi connectivity index (χ1v) is 27.0. The summed E-state index contributed by atoms with van der Waals surface area (Å²) in [4.78, 5) is 33.7. The number of hydrogen-bond donors (Lipinski definition) is 3. The summed E-state index contributed by atoms with van der Waals surface area (Å²) in [6.45, 7) is 3.89. The van der Waals surface area contributed by atoms with Crippen LogP contribution in [0.4, 0.5) is 0 Å². The Morgan fingerprint density at radius 2 is 0.887 bits per heavy atom. The Morgan fingerprint density at radius 3 is 1.32 bits per heavy atom. The molecule has 0 rings (SSSR count). The average molecular weight is 898 g/mol. The van der Waals surface area contributed by atoms with Crippen LogP contribution in [-0.4, -0.2) is 60.5 Å². The van der Waals surface area contributed by atoms with Crippen LogP contribution in [0.25, 0.3) is 0 Å². The second-order valence-corrected chi connectivity index (χ2v) is 18.7. The van der Waals surface area contributed by atoms with E-state index in [0.717, 1.165) is 51.4 Å². The summed E-state index contributed by atoms with van der Waals surface area (Å²) >= 11 is 0. The van der Waals surface area contributed by atoms with Crippen molar-refractivity contribution in [1.29, 1.82) is 0 Å². The highest BCUT2D eigenvalue weighted by Gasteiger charge is 2.27. The first kappa shape index (κ1) is 60.2. The van der Waals surface area contributed by atoms with Crippen LogP contribution in [0.15, 0.2) is 36.5 Å². The second kappa shape index (κ2) is 47.2. The zero-order chi connectivity index (χ0) is 45.5. The van der Waals surface area contributed by atoms with Gasteiger partial charge in [-0.3, -0.25) is 18.6 Å². The molecule has 364 valence electrons. The maximum atomic E-state index is 12.7. The molecule has 0 aromatic rings. The van der Waals surface area contributed by atoms with Gasteiger partial charge in [-0.15, -0.1) is 0 Å². The zero-order valence-electron chi connectivity index (χ0n) is 40.0. The van der Waals surface area contributed by atoms with Crippen molar-refractivity contribution in [2.24, 2.45) is 5.73 Å². The Labute approximate surface area is 380 Å². The van der Waals surface area contributed by atoms with Gasteiger partial charge in [0.25, 0.3) is 0 Å². The highest BCUT2D eigenvalue weighted by Crippen LogP contribution is 2.43. The Bertz CT molecular complexity index is 1130. The highest BCUT2D eigenvalue weighted by molar-refractivity contribution is 7.47. The number of carbonyl (C=O) groups is 2. The number of carboxylic acid groups (broad SMARTS) is 1. The lowest BCUT2D eigenvalue weighted by molar-refractivity contribution is -0.154. The van der Waals surface area contributed by atoms with Crippen molar-refractivity contribution in [2.75, 3.05) is 26.4 Å². The number of rotatable bonds is 49. The summed E-state index contributed by atoms with van der Waals surface area (Å²) in [5.74, 6) is -1.78. The zero-order valence-corrected chi connectivity index (χ0v) is 40.9. The summed E-state index contributed by atoms with van der Waals surface area (Å²) in [7, 11) is -4.62. The number of carboxylic acids is 1. The van der Waals surface area contributed by atoms with E-state index in [1.54, 1.807) is 0 Å². The number of allylic oxidation sites excluding steroid dienone is 6. The van der Waals surface area contributed by atoms with Crippen molar-refractivity contribution in [2.45, 2.75) is 251 Å². The van der Waals surface area contributed by atoms with Gasteiger partial charge < -0.3 is 25.2 Å². The minimum absolute atomic E-state index is 0.0147. The van der Waals surface area contributed by atoms with Crippen LogP contribution in [0.1, 0.15) is 239 Å². The minimum atomic E-state index is -4.62. The molecule has 0 aliphatic heterocycles. The molecule has 0 spiro atoms. The van der Waals surface area contributed by atoms with Crippen molar-refractivity contribution in [3.63, 3.8) is 0 Å². The van der Waals surface area contributed by atoms with Crippen LogP contribution in [0.3, 0.4) is 0 Å². The van der Waals surface area contributed by atoms with Crippen LogP contribution in [0.2, 0.25) is 0 Å². The molecule has 0 fully saturated rings. The van der Waals surface area contributed by atoms with Crippen molar-refractivity contribution >= 4 is 19.8 Å². The standard InChI is InChI=1S/C51H96NO9P/c1-3-5-7-9-11-13-15-17-19-21-23-24-25-27-29-31-33-35-37-39-41-43-50(53)61-48(46-59-62(56,57)60-47-49(52)51(54)55)45-58-44-42-40-38-36-34-32-30-28-26-22-20-18-16-14-12-10-8-6-4-2/h15,17,20-23,48-49H,3-14,16,18-19,24-47,52H2,1-2H3,(H,54,55)(H,56,57)/b17-15-,22-20-,23-21-. The Hall–Kier alpha value is -1.81. The van der Waals surface area contributed by atoms with Crippen molar-refractivity contribution < 1.29 is 42.7 Å². The van der Waals surface area contributed by atoms with E-state index >= 15 is 0 Å². The molecule has 0 saturated carbocycles. The lowest BCUT2D eigenvalue weighted by Crippen LogP contribution is -2.34. The average Bonchev–Trinajstić information content (AvgIpc) is 3.25. The van der Waals surface area contributed by atoms with E-state index in [1.807, 2.05) is 0 Å². The van der Waals surface area contributed by atoms with Crippen LogP contribution < -0.4 is 5.73 Å². The third-order valence-corrected chi connectivity index (χ3v) is 12.1. The molecule has 0 radical (unpaired) electrons. The van der Waals surface area contributed by atoms with Gasteiger partial charge in [-0.25, -0.2) is 4.57 Å². The molecule has 0 bridgehead atoms. The topological polar surface area (TPSA) is 155 Å². The van der Waals surface area contributed by atoms with Crippen LogP contribution in [0.5, 0.6) is 0 Å². The Kier molecular flexibility index (Phi) is 45.8. The van der Waals surface area contributed by atoms with Crippen molar-refractivity contribution in [1.82, 2.24) is 0 Å². The Balaban J connectivity index is 4.15. The normalized spacial score (nSPS) is 14.0. The number of nitrogens with two attached hydrogens (primary N) is 1. The predicted molar refractivity (Wildman–Crippen MR) is 258 cm³/mol. The van der Waals surface area contributed by atoms with Gasteiger partial charge in [0, 0.05) is 13.0 Å². The van der Waals surface area contributed by atoms with E-state index in [9.17, 15) is 19.0 Å². The van der Waals surface area contributed by atoms with E-state index in [4.69, 9.17) is 29.4 Å². The number of esters is 1. The van der Waals surface area contributed by atoms with Crippen LogP contribution >= 0.6 is 7.82 Å². The molecule has 0 aromatic heterocycles. The van der Waals surface area contributed by atoms with E-state index in [0.29, 0.717) is 13.0 Å². The summed E-state index contributed by atoms with van der Waals surface area (Å²) in [5, 5.41) is 8.93. The Morgan fingerprint density at radius 1 is 0.516 bits per heavy atom. The van der Waals surface area contributed by atoms with E-state index in [2.05, 4.69) is 50.3 Å². The molecule has 0 saturated heterocycles. The highest BCUT2D eigenvalue weighted by atomic mass is 31.2. The van der Waals surface area contributed by atoms with Gasteiger partial charge in [-0.1, -0.05) is 198 Å². The molecule has 0 amide bonds.